The van der Waals surface area contributed by atoms with Crippen molar-refractivity contribution in [1.82, 2.24) is 4.98 Å². The van der Waals surface area contributed by atoms with E-state index in [-0.39, 0.29) is 5.91 Å². The molecule has 1 heterocycles. The predicted octanol–water partition coefficient (Wildman–Crippen LogP) is 4.34. The van der Waals surface area contributed by atoms with Crippen molar-refractivity contribution in [3.8, 4) is 0 Å². The Bertz CT molecular complexity index is 779. The van der Waals surface area contributed by atoms with E-state index in [1.165, 1.54) is 10.9 Å². The Hall–Kier alpha value is -1.82. The van der Waals surface area contributed by atoms with Crippen molar-refractivity contribution in [3.63, 3.8) is 0 Å². The first-order valence-corrected chi connectivity index (χ1v) is 7.91. The van der Waals surface area contributed by atoms with E-state index in [2.05, 4.69) is 39.0 Å². The monoisotopic (exact) mass is 390 g/mol. The number of para-hydroxylation sites is 1. The summed E-state index contributed by atoms with van der Waals surface area (Å²) in [6.07, 6.45) is 3.20. The molecule has 0 aliphatic carbocycles. The van der Waals surface area contributed by atoms with Crippen LogP contribution in [0.25, 0.3) is 10.9 Å². The second-order valence-corrected chi connectivity index (χ2v) is 6.16. The van der Waals surface area contributed by atoms with Crippen LogP contribution < -0.4 is 5.32 Å². The van der Waals surface area contributed by atoms with Crippen molar-refractivity contribution in [1.29, 1.82) is 0 Å². The highest BCUT2D eigenvalue weighted by Crippen LogP contribution is 2.19. The zero-order chi connectivity index (χ0) is 14.7. The highest BCUT2D eigenvalue weighted by Gasteiger charge is 2.07. The van der Waals surface area contributed by atoms with Gasteiger partial charge in [-0.15, -0.1) is 0 Å². The molecular weight excluding hydrogens is 375 g/mol. The summed E-state index contributed by atoms with van der Waals surface area (Å²) >= 11 is 2.24. The normalized spacial score (nSPS) is 10.7. The minimum Gasteiger partial charge on any atom is -0.361 e. The number of carbonyl (C=O) groups excluding carboxylic acids is 1. The molecule has 2 N–H and O–H groups in total. The fraction of sp³-hybridized carbons (Fsp3) is 0.118. The molecule has 4 heteroatoms. The Balaban J connectivity index is 1.63. The van der Waals surface area contributed by atoms with Crippen LogP contribution in [-0.2, 0) is 11.2 Å². The molecule has 2 aromatic carbocycles. The summed E-state index contributed by atoms with van der Waals surface area (Å²) in [5, 5.41) is 4.13. The molecule has 0 saturated heterocycles. The van der Waals surface area contributed by atoms with Crippen molar-refractivity contribution in [2.45, 2.75) is 12.8 Å². The highest BCUT2D eigenvalue weighted by molar-refractivity contribution is 14.1. The van der Waals surface area contributed by atoms with Crippen molar-refractivity contribution in [2.75, 3.05) is 5.32 Å². The van der Waals surface area contributed by atoms with Crippen molar-refractivity contribution in [3.05, 3.63) is 63.9 Å². The number of carbonyl (C=O) groups is 1. The highest BCUT2D eigenvalue weighted by atomic mass is 127. The van der Waals surface area contributed by atoms with Crippen molar-refractivity contribution >= 4 is 45.1 Å². The van der Waals surface area contributed by atoms with Crippen LogP contribution in [0, 0.1) is 3.57 Å². The van der Waals surface area contributed by atoms with Crippen LogP contribution in [0.5, 0.6) is 0 Å². The molecule has 0 saturated carbocycles. The van der Waals surface area contributed by atoms with Gasteiger partial charge in [0.05, 0.1) is 0 Å². The van der Waals surface area contributed by atoms with E-state index in [0.717, 1.165) is 21.2 Å². The molecule has 0 bridgehead atoms. The summed E-state index contributed by atoms with van der Waals surface area (Å²) in [6, 6.07) is 16.0. The Morgan fingerprint density at radius 3 is 2.86 bits per heavy atom. The quantitative estimate of drug-likeness (QED) is 0.640. The zero-order valence-corrected chi connectivity index (χ0v) is 13.6. The Morgan fingerprint density at radius 2 is 2.00 bits per heavy atom. The average Bonchev–Trinajstić information content (AvgIpc) is 2.88. The van der Waals surface area contributed by atoms with Gasteiger partial charge in [0.2, 0.25) is 5.91 Å². The topological polar surface area (TPSA) is 44.9 Å². The summed E-state index contributed by atoms with van der Waals surface area (Å²) < 4.78 is 1.11. The molecule has 106 valence electrons. The Kier molecular flexibility index (Phi) is 4.24. The van der Waals surface area contributed by atoms with Gasteiger partial charge in [-0.25, -0.2) is 0 Å². The number of amides is 1. The molecule has 0 unspecified atom stereocenters. The van der Waals surface area contributed by atoms with Gasteiger partial charge in [0.1, 0.15) is 0 Å². The van der Waals surface area contributed by atoms with Crippen LogP contribution in [0.1, 0.15) is 12.0 Å². The number of fused-ring (bicyclic) bond motifs is 1. The predicted molar refractivity (Wildman–Crippen MR) is 94.4 cm³/mol. The first-order chi connectivity index (χ1) is 10.2. The third-order valence-electron chi connectivity index (χ3n) is 3.40. The van der Waals surface area contributed by atoms with E-state index in [1.54, 1.807) is 0 Å². The Labute approximate surface area is 136 Å². The third-order valence-corrected chi connectivity index (χ3v) is 4.08. The first kappa shape index (κ1) is 14.1. The molecule has 1 amide bonds. The second-order valence-electron chi connectivity index (χ2n) is 4.92. The van der Waals surface area contributed by atoms with Gasteiger partial charge < -0.3 is 10.3 Å². The molecule has 3 rings (SSSR count). The molecule has 0 atom stereocenters. The zero-order valence-electron chi connectivity index (χ0n) is 11.4. The Morgan fingerprint density at radius 1 is 1.14 bits per heavy atom. The first-order valence-electron chi connectivity index (χ1n) is 6.83. The maximum Gasteiger partial charge on any atom is 0.224 e. The molecule has 0 radical (unpaired) electrons. The van der Waals surface area contributed by atoms with Crippen LogP contribution in [0.4, 0.5) is 5.69 Å². The minimum absolute atomic E-state index is 0.0438. The van der Waals surface area contributed by atoms with Crippen molar-refractivity contribution in [2.24, 2.45) is 0 Å². The summed E-state index contributed by atoms with van der Waals surface area (Å²) in [6.45, 7) is 0. The lowest BCUT2D eigenvalue weighted by Gasteiger charge is -2.05. The molecule has 0 aliphatic rings. The fourth-order valence-electron chi connectivity index (χ4n) is 2.38. The summed E-state index contributed by atoms with van der Waals surface area (Å²) in [4.78, 5) is 15.3. The summed E-state index contributed by atoms with van der Waals surface area (Å²) in [5.41, 5.74) is 3.15. The van der Waals surface area contributed by atoms with Crippen LogP contribution >= 0.6 is 22.6 Å². The van der Waals surface area contributed by atoms with Crippen LogP contribution in [-0.4, -0.2) is 10.9 Å². The van der Waals surface area contributed by atoms with Crippen LogP contribution in [0.15, 0.2) is 54.7 Å². The maximum atomic E-state index is 12.0. The fourth-order valence-corrected chi connectivity index (χ4v) is 2.92. The maximum absolute atomic E-state index is 12.0. The number of halogens is 1. The molecular formula is C17H15IN2O. The number of nitrogens with one attached hydrogen (secondary N) is 2. The number of anilines is 1. The lowest BCUT2D eigenvalue weighted by Crippen LogP contribution is -2.12. The summed E-state index contributed by atoms with van der Waals surface area (Å²) in [7, 11) is 0. The van der Waals surface area contributed by atoms with Gasteiger partial charge in [-0.1, -0.05) is 24.3 Å². The van der Waals surface area contributed by atoms with Gasteiger partial charge in [-0.2, -0.15) is 0 Å². The van der Waals surface area contributed by atoms with E-state index in [4.69, 9.17) is 0 Å². The number of aromatic nitrogens is 1. The summed E-state index contributed by atoms with van der Waals surface area (Å²) in [5.74, 6) is 0.0438. The number of benzene rings is 2. The number of H-pyrrole nitrogens is 1. The number of aryl methyl sites for hydroxylation is 1. The van der Waals surface area contributed by atoms with E-state index in [0.29, 0.717) is 6.42 Å². The number of hydrogen-bond acceptors (Lipinski definition) is 1. The largest absolute Gasteiger partial charge is 0.361 e. The second kappa shape index (κ2) is 6.30. The smallest absolute Gasteiger partial charge is 0.224 e. The van der Waals surface area contributed by atoms with Gasteiger partial charge in [0.25, 0.3) is 0 Å². The number of rotatable bonds is 4. The molecule has 3 nitrogen and oxygen atoms in total. The third kappa shape index (κ3) is 3.44. The SMILES string of the molecule is O=C(CCc1c[nH]c2ccccc12)Nc1cccc(I)c1. The molecule has 0 aliphatic heterocycles. The van der Waals surface area contributed by atoms with E-state index >= 15 is 0 Å². The average molecular weight is 390 g/mol. The van der Waals surface area contributed by atoms with E-state index in [1.807, 2.05) is 48.7 Å². The van der Waals surface area contributed by atoms with Gasteiger partial charge in [0, 0.05) is 32.8 Å². The van der Waals surface area contributed by atoms with Crippen LogP contribution in [0.2, 0.25) is 0 Å². The van der Waals surface area contributed by atoms with Gasteiger partial charge in [-0.3, -0.25) is 4.79 Å². The van der Waals surface area contributed by atoms with Crippen molar-refractivity contribution < 1.29 is 4.79 Å². The number of aromatic amines is 1. The molecule has 0 fully saturated rings. The minimum atomic E-state index is 0.0438. The van der Waals surface area contributed by atoms with Crippen LogP contribution in [0.3, 0.4) is 0 Å². The lowest BCUT2D eigenvalue weighted by atomic mass is 10.1. The number of hydrogen-bond donors (Lipinski definition) is 2. The van der Waals surface area contributed by atoms with E-state index < -0.39 is 0 Å². The molecule has 21 heavy (non-hydrogen) atoms. The van der Waals surface area contributed by atoms with Gasteiger partial charge in [0.15, 0.2) is 0 Å². The standard InChI is InChI=1S/C17H15IN2O/c18-13-4-3-5-14(10-13)20-17(21)9-8-12-11-19-16-7-2-1-6-15(12)16/h1-7,10-11,19H,8-9H2,(H,20,21). The van der Waals surface area contributed by atoms with E-state index in [9.17, 15) is 4.79 Å². The molecule has 0 spiro atoms. The lowest BCUT2D eigenvalue weighted by molar-refractivity contribution is -0.116. The van der Waals surface area contributed by atoms with Gasteiger partial charge in [-0.05, 0) is 58.8 Å². The molecule has 3 aromatic rings. The molecule has 1 aromatic heterocycles. The van der Waals surface area contributed by atoms with Gasteiger partial charge >= 0.3 is 0 Å².